The summed E-state index contributed by atoms with van der Waals surface area (Å²) >= 11 is 0. The van der Waals surface area contributed by atoms with Crippen LogP contribution in [0.3, 0.4) is 0 Å². The van der Waals surface area contributed by atoms with Crippen LogP contribution in [-0.4, -0.2) is 14.4 Å². The molecule has 0 atom stereocenters. The Morgan fingerprint density at radius 1 is 1.20 bits per heavy atom. The fourth-order valence-electron chi connectivity index (χ4n) is 2.73. The Morgan fingerprint density at radius 3 is 2.85 bits per heavy atom. The number of hydrogen-bond acceptors (Lipinski definition) is 2. The number of hydrogen-bond donors (Lipinski definition) is 1. The first-order valence-electron chi connectivity index (χ1n) is 6.54. The number of aromatic amines is 1. The molecule has 3 aromatic heterocycles. The minimum absolute atomic E-state index is 0.102. The number of nitrogens with one attached hydrogen (secondary N) is 1. The highest BCUT2D eigenvalue weighted by molar-refractivity contribution is 5.96. The third-order valence-electron chi connectivity index (χ3n) is 3.91. The van der Waals surface area contributed by atoms with Crippen LogP contribution >= 0.6 is 0 Å². The molecule has 98 valence electrons. The van der Waals surface area contributed by atoms with Crippen molar-refractivity contribution in [3.8, 4) is 0 Å². The number of H-pyrrole nitrogens is 1. The molecule has 0 amide bonds. The quantitative estimate of drug-likeness (QED) is 0.530. The maximum absolute atomic E-state index is 12.3. The van der Waals surface area contributed by atoms with Gasteiger partial charge in [-0.1, -0.05) is 0 Å². The summed E-state index contributed by atoms with van der Waals surface area (Å²) in [7, 11) is 0. The predicted octanol–water partition coefficient (Wildman–Crippen LogP) is 2.95. The lowest BCUT2D eigenvalue weighted by Crippen LogP contribution is -2.10. The van der Waals surface area contributed by atoms with Crippen molar-refractivity contribution in [2.45, 2.75) is 13.8 Å². The zero-order chi connectivity index (χ0) is 13.9. The van der Waals surface area contributed by atoms with Crippen molar-refractivity contribution >= 4 is 27.5 Å². The average molecular weight is 263 g/mol. The average Bonchev–Trinajstić information content (AvgIpc) is 2.81. The summed E-state index contributed by atoms with van der Waals surface area (Å²) in [4.78, 5) is 19.6. The monoisotopic (exact) mass is 263 g/mol. The molecule has 0 spiro atoms. The van der Waals surface area contributed by atoms with Gasteiger partial charge in [-0.25, -0.2) is 0 Å². The molecule has 0 aliphatic rings. The first kappa shape index (κ1) is 11.2. The summed E-state index contributed by atoms with van der Waals surface area (Å²) in [6, 6.07) is 7.98. The van der Waals surface area contributed by atoms with E-state index in [1.807, 2.05) is 35.7 Å². The summed E-state index contributed by atoms with van der Waals surface area (Å²) in [5, 5.41) is 0.976. The van der Waals surface area contributed by atoms with Crippen molar-refractivity contribution in [3.05, 3.63) is 58.1 Å². The molecule has 4 rings (SSSR count). The standard InChI is InChI=1S/C16H13N3O/c1-9-6-12-13(7-10(9)2)19-8-11-4-3-5-17-14(11)15(19)16(20)18-12/h3-8H,1-2H3,(H,18,20). The van der Waals surface area contributed by atoms with E-state index >= 15 is 0 Å². The second kappa shape index (κ2) is 3.70. The number of aryl methyl sites for hydroxylation is 2. The van der Waals surface area contributed by atoms with Gasteiger partial charge in [0.1, 0.15) is 11.0 Å². The van der Waals surface area contributed by atoms with E-state index in [9.17, 15) is 4.79 Å². The van der Waals surface area contributed by atoms with Gasteiger partial charge >= 0.3 is 0 Å². The molecule has 1 N–H and O–H groups in total. The maximum atomic E-state index is 12.3. The van der Waals surface area contributed by atoms with Crippen LogP contribution in [0, 0.1) is 13.8 Å². The lowest BCUT2D eigenvalue weighted by Gasteiger charge is -2.06. The minimum Gasteiger partial charge on any atom is -0.319 e. The molecule has 0 unspecified atom stereocenters. The van der Waals surface area contributed by atoms with E-state index in [0.29, 0.717) is 5.52 Å². The Hall–Kier alpha value is -2.62. The number of rotatable bonds is 0. The number of benzene rings is 1. The highest BCUT2D eigenvalue weighted by Gasteiger charge is 2.11. The smallest absolute Gasteiger partial charge is 0.274 e. The molecule has 3 heterocycles. The number of aromatic nitrogens is 3. The van der Waals surface area contributed by atoms with Gasteiger partial charge in [0.2, 0.25) is 0 Å². The summed E-state index contributed by atoms with van der Waals surface area (Å²) < 4.78 is 1.94. The Kier molecular flexibility index (Phi) is 2.07. The number of fused-ring (bicyclic) bond motifs is 5. The van der Waals surface area contributed by atoms with Gasteiger partial charge in [0, 0.05) is 17.8 Å². The second-order valence-electron chi connectivity index (χ2n) is 5.20. The molecule has 0 saturated heterocycles. The Bertz CT molecular complexity index is 1040. The zero-order valence-electron chi connectivity index (χ0n) is 11.3. The number of nitrogens with zero attached hydrogens (tertiary/aromatic N) is 2. The Balaban J connectivity index is 2.35. The van der Waals surface area contributed by atoms with E-state index in [2.05, 4.69) is 23.0 Å². The molecule has 0 aliphatic carbocycles. The van der Waals surface area contributed by atoms with Gasteiger partial charge in [0.15, 0.2) is 0 Å². The lowest BCUT2D eigenvalue weighted by molar-refractivity contribution is 1.18. The summed E-state index contributed by atoms with van der Waals surface area (Å²) in [5.41, 5.74) is 5.48. The second-order valence-corrected chi connectivity index (χ2v) is 5.20. The van der Waals surface area contributed by atoms with Crippen molar-refractivity contribution in [2.75, 3.05) is 0 Å². The van der Waals surface area contributed by atoms with Crippen LogP contribution in [0.5, 0.6) is 0 Å². The van der Waals surface area contributed by atoms with Crippen LogP contribution in [0.2, 0.25) is 0 Å². The van der Waals surface area contributed by atoms with Crippen LogP contribution in [-0.2, 0) is 0 Å². The molecule has 0 radical (unpaired) electrons. The predicted molar refractivity (Wildman–Crippen MR) is 80.3 cm³/mol. The van der Waals surface area contributed by atoms with Crippen molar-refractivity contribution in [1.29, 1.82) is 0 Å². The van der Waals surface area contributed by atoms with Crippen molar-refractivity contribution < 1.29 is 0 Å². The van der Waals surface area contributed by atoms with E-state index in [1.165, 1.54) is 11.1 Å². The van der Waals surface area contributed by atoms with Gasteiger partial charge in [0.25, 0.3) is 5.56 Å². The first-order chi connectivity index (χ1) is 9.65. The fourth-order valence-corrected chi connectivity index (χ4v) is 2.73. The van der Waals surface area contributed by atoms with E-state index in [1.54, 1.807) is 6.20 Å². The van der Waals surface area contributed by atoms with Crippen LogP contribution < -0.4 is 5.56 Å². The highest BCUT2D eigenvalue weighted by Crippen LogP contribution is 2.23. The highest BCUT2D eigenvalue weighted by atomic mass is 16.1. The third-order valence-corrected chi connectivity index (χ3v) is 3.91. The van der Waals surface area contributed by atoms with Crippen molar-refractivity contribution in [1.82, 2.24) is 14.4 Å². The van der Waals surface area contributed by atoms with Gasteiger partial charge in [0.05, 0.1) is 11.0 Å². The molecule has 4 nitrogen and oxygen atoms in total. The van der Waals surface area contributed by atoms with Gasteiger partial charge < -0.3 is 9.38 Å². The fraction of sp³-hybridized carbons (Fsp3) is 0.125. The zero-order valence-corrected chi connectivity index (χ0v) is 11.3. The normalized spacial score (nSPS) is 11.7. The molecular weight excluding hydrogens is 250 g/mol. The van der Waals surface area contributed by atoms with Gasteiger partial charge in [-0.3, -0.25) is 9.78 Å². The molecule has 0 fully saturated rings. The van der Waals surface area contributed by atoms with Gasteiger partial charge in [-0.05, 0) is 49.2 Å². The van der Waals surface area contributed by atoms with Crippen LogP contribution in [0.15, 0.2) is 41.5 Å². The van der Waals surface area contributed by atoms with E-state index in [4.69, 9.17) is 0 Å². The van der Waals surface area contributed by atoms with E-state index < -0.39 is 0 Å². The van der Waals surface area contributed by atoms with Crippen LogP contribution in [0.1, 0.15) is 11.1 Å². The molecular formula is C16H13N3O. The van der Waals surface area contributed by atoms with Gasteiger partial charge in [-0.2, -0.15) is 0 Å². The van der Waals surface area contributed by atoms with Gasteiger partial charge in [-0.15, -0.1) is 0 Å². The van der Waals surface area contributed by atoms with E-state index in [-0.39, 0.29) is 5.56 Å². The molecule has 0 aliphatic heterocycles. The molecule has 1 aromatic carbocycles. The maximum Gasteiger partial charge on any atom is 0.274 e. The third kappa shape index (κ3) is 1.36. The topological polar surface area (TPSA) is 50.2 Å². The largest absolute Gasteiger partial charge is 0.319 e. The first-order valence-corrected chi connectivity index (χ1v) is 6.54. The minimum atomic E-state index is -0.102. The van der Waals surface area contributed by atoms with Crippen LogP contribution in [0.4, 0.5) is 0 Å². The Morgan fingerprint density at radius 2 is 2.00 bits per heavy atom. The van der Waals surface area contributed by atoms with Crippen molar-refractivity contribution in [3.63, 3.8) is 0 Å². The van der Waals surface area contributed by atoms with E-state index in [0.717, 1.165) is 21.9 Å². The lowest BCUT2D eigenvalue weighted by atomic mass is 10.1. The molecule has 4 aromatic rings. The number of pyridine rings is 1. The Labute approximate surface area is 114 Å². The van der Waals surface area contributed by atoms with Crippen molar-refractivity contribution in [2.24, 2.45) is 0 Å². The molecule has 0 bridgehead atoms. The van der Waals surface area contributed by atoms with Crippen LogP contribution in [0.25, 0.3) is 27.5 Å². The molecule has 4 heteroatoms. The summed E-state index contributed by atoms with van der Waals surface area (Å²) in [6.07, 6.45) is 3.69. The summed E-state index contributed by atoms with van der Waals surface area (Å²) in [6.45, 7) is 4.12. The molecule has 20 heavy (non-hydrogen) atoms. The SMILES string of the molecule is Cc1cc2[nH]c(=O)c3c4ncccc4cn3c2cc1C. The summed E-state index contributed by atoms with van der Waals surface area (Å²) in [5.74, 6) is 0. The molecule has 0 saturated carbocycles.